The van der Waals surface area contributed by atoms with Crippen molar-refractivity contribution < 1.29 is 18.0 Å². The largest absolute Gasteiger partial charge is 0.417 e. The number of alkyl halides is 3. The molecule has 6 nitrogen and oxygen atoms in total. The summed E-state index contributed by atoms with van der Waals surface area (Å²) >= 11 is 0. The number of benzene rings is 1. The van der Waals surface area contributed by atoms with Gasteiger partial charge in [-0.3, -0.25) is 4.79 Å². The zero-order valence-electron chi connectivity index (χ0n) is 13.5. The molecule has 0 aliphatic heterocycles. The maximum atomic E-state index is 13.0. The van der Waals surface area contributed by atoms with E-state index >= 15 is 0 Å². The second-order valence-electron chi connectivity index (χ2n) is 6.06. The van der Waals surface area contributed by atoms with Gasteiger partial charge in [0.15, 0.2) is 5.82 Å². The van der Waals surface area contributed by atoms with E-state index in [0.29, 0.717) is 5.82 Å². The minimum Gasteiger partial charge on any atom is -0.345 e. The monoisotopic (exact) mass is 353 g/mol. The summed E-state index contributed by atoms with van der Waals surface area (Å²) in [5.41, 5.74) is -1.37. The van der Waals surface area contributed by atoms with E-state index in [2.05, 4.69) is 20.8 Å². The summed E-state index contributed by atoms with van der Waals surface area (Å²) in [6.07, 6.45) is 0.701. The normalized spacial score (nSPS) is 16.0. The first-order valence-electron chi connectivity index (χ1n) is 8.18. The predicted octanol–water partition coefficient (Wildman–Crippen LogP) is 3.13. The molecule has 1 aromatic heterocycles. The van der Waals surface area contributed by atoms with Crippen LogP contribution in [0.5, 0.6) is 0 Å². The molecule has 1 heterocycles. The van der Waals surface area contributed by atoms with Gasteiger partial charge in [0.25, 0.3) is 5.91 Å². The number of hydrogen-bond acceptors (Lipinski definition) is 4. The first-order chi connectivity index (χ1) is 12.0. The number of tetrazole rings is 1. The van der Waals surface area contributed by atoms with Gasteiger partial charge in [0.1, 0.15) is 0 Å². The molecule has 1 amide bonds. The van der Waals surface area contributed by atoms with E-state index in [1.54, 1.807) is 4.68 Å². The SMILES string of the molecule is O=C(NCc1nnnn1C1CCCCC1)c1ccccc1C(F)(F)F. The van der Waals surface area contributed by atoms with Gasteiger partial charge in [-0.1, -0.05) is 31.4 Å². The molecule has 25 heavy (non-hydrogen) atoms. The Labute approximate surface area is 142 Å². The van der Waals surface area contributed by atoms with Crippen LogP contribution in [0.25, 0.3) is 0 Å². The molecule has 1 aromatic carbocycles. The first kappa shape index (κ1) is 17.4. The summed E-state index contributed by atoms with van der Waals surface area (Å²) in [5, 5.41) is 14.0. The minimum atomic E-state index is -4.59. The fraction of sp³-hybridized carbons (Fsp3) is 0.500. The number of rotatable bonds is 4. The molecule has 2 aromatic rings. The quantitative estimate of drug-likeness (QED) is 0.917. The van der Waals surface area contributed by atoms with Crippen LogP contribution in [-0.2, 0) is 12.7 Å². The van der Waals surface area contributed by atoms with Crippen LogP contribution >= 0.6 is 0 Å². The molecule has 1 fully saturated rings. The number of aromatic nitrogens is 4. The van der Waals surface area contributed by atoms with Crippen LogP contribution in [0.15, 0.2) is 24.3 Å². The van der Waals surface area contributed by atoms with Crippen molar-refractivity contribution in [3.05, 3.63) is 41.2 Å². The fourth-order valence-electron chi connectivity index (χ4n) is 3.12. The molecule has 1 N–H and O–H groups in total. The molecule has 3 rings (SSSR count). The third-order valence-electron chi connectivity index (χ3n) is 4.37. The third-order valence-corrected chi connectivity index (χ3v) is 4.37. The number of hydrogen-bond donors (Lipinski definition) is 1. The van der Waals surface area contributed by atoms with E-state index < -0.39 is 23.2 Å². The Bertz CT molecular complexity index is 737. The summed E-state index contributed by atoms with van der Waals surface area (Å²) in [6, 6.07) is 4.88. The van der Waals surface area contributed by atoms with Crippen LogP contribution in [0.4, 0.5) is 13.2 Å². The molecule has 0 spiro atoms. The van der Waals surface area contributed by atoms with Crippen molar-refractivity contribution in [1.29, 1.82) is 0 Å². The standard InChI is InChI=1S/C16H18F3N5O/c17-16(18,19)13-9-5-4-8-12(13)15(25)20-10-14-21-22-23-24(14)11-6-2-1-3-7-11/h4-5,8-9,11H,1-3,6-7,10H2,(H,20,25). The highest BCUT2D eigenvalue weighted by atomic mass is 19.4. The molecule has 0 radical (unpaired) electrons. The summed E-state index contributed by atoms with van der Waals surface area (Å²) in [6.45, 7) is -0.0193. The maximum Gasteiger partial charge on any atom is 0.417 e. The second kappa shape index (κ2) is 7.20. The van der Waals surface area contributed by atoms with Crippen molar-refractivity contribution in [3.8, 4) is 0 Å². The lowest BCUT2D eigenvalue weighted by Crippen LogP contribution is -2.28. The molecule has 0 atom stereocenters. The first-order valence-corrected chi connectivity index (χ1v) is 8.18. The van der Waals surface area contributed by atoms with Crippen molar-refractivity contribution in [3.63, 3.8) is 0 Å². The van der Waals surface area contributed by atoms with Crippen molar-refractivity contribution >= 4 is 5.91 Å². The van der Waals surface area contributed by atoms with Gasteiger partial charge in [0, 0.05) is 0 Å². The minimum absolute atomic E-state index is 0.0193. The smallest absolute Gasteiger partial charge is 0.345 e. The van der Waals surface area contributed by atoms with Gasteiger partial charge >= 0.3 is 6.18 Å². The van der Waals surface area contributed by atoms with E-state index in [-0.39, 0.29) is 12.6 Å². The predicted molar refractivity (Wildman–Crippen MR) is 82.6 cm³/mol. The van der Waals surface area contributed by atoms with Crippen molar-refractivity contribution in [2.45, 2.75) is 50.9 Å². The van der Waals surface area contributed by atoms with Gasteiger partial charge < -0.3 is 5.32 Å². The Morgan fingerprint density at radius 3 is 2.64 bits per heavy atom. The van der Waals surface area contributed by atoms with Crippen LogP contribution in [0, 0.1) is 0 Å². The zero-order valence-corrected chi connectivity index (χ0v) is 13.5. The van der Waals surface area contributed by atoms with Gasteiger partial charge in [-0.05, 0) is 35.4 Å². The lowest BCUT2D eigenvalue weighted by atomic mass is 9.95. The highest BCUT2D eigenvalue weighted by Crippen LogP contribution is 2.32. The number of amides is 1. The molecule has 1 aliphatic rings. The average molecular weight is 353 g/mol. The van der Waals surface area contributed by atoms with Crippen LogP contribution in [0.3, 0.4) is 0 Å². The van der Waals surface area contributed by atoms with Gasteiger partial charge in [-0.15, -0.1) is 5.10 Å². The molecule has 0 bridgehead atoms. The van der Waals surface area contributed by atoms with Crippen molar-refractivity contribution in [2.24, 2.45) is 0 Å². The van der Waals surface area contributed by atoms with E-state index in [1.165, 1.54) is 18.6 Å². The van der Waals surface area contributed by atoms with E-state index in [9.17, 15) is 18.0 Å². The van der Waals surface area contributed by atoms with Crippen LogP contribution < -0.4 is 5.32 Å². The molecule has 0 saturated heterocycles. The molecule has 0 unspecified atom stereocenters. The van der Waals surface area contributed by atoms with Crippen LogP contribution in [-0.4, -0.2) is 26.1 Å². The van der Waals surface area contributed by atoms with Crippen LogP contribution in [0.1, 0.15) is 59.9 Å². The molecule has 1 saturated carbocycles. The summed E-state index contributed by atoms with van der Waals surface area (Å²) in [7, 11) is 0. The van der Waals surface area contributed by atoms with E-state index in [0.717, 1.165) is 37.8 Å². The number of halogens is 3. The summed E-state index contributed by atoms with van der Waals surface area (Å²) in [4.78, 5) is 12.2. The van der Waals surface area contributed by atoms with Gasteiger partial charge in [0.2, 0.25) is 0 Å². The molecule has 9 heteroatoms. The third kappa shape index (κ3) is 3.97. The number of carbonyl (C=O) groups excluding carboxylic acids is 1. The number of nitrogens with one attached hydrogen (secondary N) is 1. The second-order valence-corrected chi connectivity index (χ2v) is 6.06. The molecular formula is C16H18F3N5O. The number of nitrogens with zero attached hydrogens (tertiary/aromatic N) is 4. The fourth-order valence-corrected chi connectivity index (χ4v) is 3.12. The highest BCUT2D eigenvalue weighted by molar-refractivity contribution is 5.95. The van der Waals surface area contributed by atoms with Gasteiger partial charge in [-0.25, -0.2) is 4.68 Å². The Morgan fingerprint density at radius 1 is 1.20 bits per heavy atom. The Balaban J connectivity index is 1.71. The maximum absolute atomic E-state index is 13.0. The molecular weight excluding hydrogens is 335 g/mol. The zero-order chi connectivity index (χ0) is 17.9. The summed E-state index contributed by atoms with van der Waals surface area (Å²) < 4.78 is 40.7. The Hall–Kier alpha value is -2.45. The van der Waals surface area contributed by atoms with Crippen molar-refractivity contribution in [2.75, 3.05) is 0 Å². The summed E-state index contributed by atoms with van der Waals surface area (Å²) in [5.74, 6) is -0.351. The van der Waals surface area contributed by atoms with Crippen molar-refractivity contribution in [1.82, 2.24) is 25.5 Å². The van der Waals surface area contributed by atoms with Crippen LogP contribution in [0.2, 0.25) is 0 Å². The van der Waals surface area contributed by atoms with Gasteiger partial charge in [0.05, 0.1) is 23.7 Å². The van der Waals surface area contributed by atoms with E-state index in [4.69, 9.17) is 0 Å². The molecule has 1 aliphatic carbocycles. The Kier molecular flexibility index (Phi) is 5.00. The molecule has 134 valence electrons. The topological polar surface area (TPSA) is 72.7 Å². The van der Waals surface area contributed by atoms with E-state index in [1.807, 2.05) is 0 Å². The Morgan fingerprint density at radius 2 is 1.92 bits per heavy atom. The highest BCUT2D eigenvalue weighted by Gasteiger charge is 2.34. The lowest BCUT2D eigenvalue weighted by molar-refractivity contribution is -0.137. The number of carbonyl (C=O) groups is 1. The lowest BCUT2D eigenvalue weighted by Gasteiger charge is -2.22. The average Bonchev–Trinajstić information content (AvgIpc) is 3.08. The van der Waals surface area contributed by atoms with Gasteiger partial charge in [-0.2, -0.15) is 13.2 Å².